The summed E-state index contributed by atoms with van der Waals surface area (Å²) >= 11 is 0. The van der Waals surface area contributed by atoms with E-state index in [1.165, 1.54) is 0 Å². The molecule has 0 spiro atoms. The maximum Gasteiger partial charge on any atom is 0.417 e. The van der Waals surface area contributed by atoms with Gasteiger partial charge in [-0.25, -0.2) is 14.5 Å². The molecule has 11 nitrogen and oxygen atoms in total. The first-order chi connectivity index (χ1) is 18.6. The number of amides is 2. The lowest BCUT2D eigenvalue weighted by molar-refractivity contribution is -0.133. The summed E-state index contributed by atoms with van der Waals surface area (Å²) in [6.07, 6.45) is -2.29. The monoisotopic (exact) mass is 514 g/mol. The maximum absolute atomic E-state index is 13.9. The molecule has 1 saturated heterocycles. The van der Waals surface area contributed by atoms with E-state index in [4.69, 9.17) is 18.9 Å². The number of azide groups is 1. The van der Waals surface area contributed by atoms with Crippen LogP contribution in [0.3, 0.4) is 0 Å². The first-order valence-electron chi connectivity index (χ1n) is 11.8. The minimum atomic E-state index is -1.63. The first-order valence-corrected chi connectivity index (χ1v) is 11.8. The number of esters is 1. The Labute approximate surface area is 217 Å². The van der Waals surface area contributed by atoms with Gasteiger partial charge in [-0.05, 0) is 40.9 Å². The molecule has 3 aromatic carbocycles. The highest BCUT2D eigenvalue weighted by Crippen LogP contribution is 2.37. The van der Waals surface area contributed by atoms with Crippen LogP contribution in [0.1, 0.15) is 33.6 Å². The molecular weight excluding hydrogens is 492 g/mol. The largest absolute Gasteiger partial charge is 0.486 e. The van der Waals surface area contributed by atoms with Crippen LogP contribution in [0, 0.1) is 0 Å². The molecule has 192 valence electrons. The van der Waals surface area contributed by atoms with Crippen molar-refractivity contribution in [1.29, 1.82) is 0 Å². The summed E-state index contributed by atoms with van der Waals surface area (Å²) in [6.45, 7) is 0.606. The summed E-state index contributed by atoms with van der Waals surface area (Å²) in [4.78, 5) is 43.4. The van der Waals surface area contributed by atoms with E-state index in [-0.39, 0.29) is 12.2 Å². The van der Waals surface area contributed by atoms with Crippen LogP contribution in [0.2, 0.25) is 0 Å². The smallest absolute Gasteiger partial charge is 0.417 e. The van der Waals surface area contributed by atoms with E-state index in [0.29, 0.717) is 35.8 Å². The molecule has 2 amide bonds. The van der Waals surface area contributed by atoms with Gasteiger partial charge in [0.2, 0.25) is 5.91 Å². The molecule has 5 rings (SSSR count). The van der Waals surface area contributed by atoms with Gasteiger partial charge >= 0.3 is 12.1 Å². The van der Waals surface area contributed by atoms with Gasteiger partial charge in [-0.15, -0.1) is 0 Å². The third kappa shape index (κ3) is 4.95. The third-order valence-corrected chi connectivity index (χ3v) is 6.15. The highest BCUT2D eigenvalue weighted by Gasteiger charge is 2.45. The molecule has 2 aliphatic heterocycles. The zero-order valence-electron chi connectivity index (χ0n) is 20.0. The Bertz CT molecular complexity index is 1390. The van der Waals surface area contributed by atoms with Crippen LogP contribution in [-0.4, -0.2) is 48.7 Å². The van der Waals surface area contributed by atoms with E-state index < -0.39 is 36.2 Å². The van der Waals surface area contributed by atoms with Crippen LogP contribution >= 0.6 is 0 Å². The average Bonchev–Trinajstić information content (AvgIpc) is 3.36. The zero-order valence-corrected chi connectivity index (χ0v) is 20.0. The van der Waals surface area contributed by atoms with Crippen molar-refractivity contribution in [3.8, 4) is 11.5 Å². The standard InChI is InChI=1S/C27H22N4O7/c28-30-29-23(25(32)31-20(16-37-27(31)34)17-7-3-1-4-8-17)24(38-26(33)18-9-5-2-6-10-18)19-11-12-21-22(15-19)36-14-13-35-21/h1-12,15,20,23-24H,13-14,16H2/t20-,23?,24-/m1/s1. The van der Waals surface area contributed by atoms with Crippen molar-refractivity contribution < 1.29 is 33.3 Å². The normalized spacial score (nSPS) is 17.5. The number of cyclic esters (lactones) is 1. The number of imide groups is 1. The van der Waals surface area contributed by atoms with Crippen LogP contribution in [0.4, 0.5) is 4.79 Å². The second kappa shape index (κ2) is 10.9. The predicted octanol–water partition coefficient (Wildman–Crippen LogP) is 4.75. The minimum absolute atomic E-state index is 0.0733. The Morgan fingerprint density at radius 2 is 1.63 bits per heavy atom. The lowest BCUT2D eigenvalue weighted by Gasteiger charge is -2.29. The predicted molar refractivity (Wildman–Crippen MR) is 132 cm³/mol. The number of nitrogens with zero attached hydrogens (tertiary/aromatic N) is 4. The fourth-order valence-corrected chi connectivity index (χ4v) is 4.33. The summed E-state index contributed by atoms with van der Waals surface area (Å²) in [5.41, 5.74) is 10.6. The van der Waals surface area contributed by atoms with Crippen molar-refractivity contribution in [2.75, 3.05) is 19.8 Å². The highest BCUT2D eigenvalue weighted by atomic mass is 16.6. The highest BCUT2D eigenvalue weighted by molar-refractivity contribution is 5.97. The number of carbonyl (C=O) groups excluding carboxylic acids is 3. The molecule has 1 unspecified atom stereocenters. The number of hydrogen-bond donors (Lipinski definition) is 0. The summed E-state index contributed by atoms with van der Waals surface area (Å²) in [6, 6.07) is 19.4. The molecule has 2 aliphatic rings. The van der Waals surface area contributed by atoms with E-state index in [1.807, 2.05) is 0 Å². The number of benzene rings is 3. The number of hydrogen-bond acceptors (Lipinski definition) is 8. The molecule has 2 heterocycles. The molecule has 0 radical (unpaired) electrons. The fourth-order valence-electron chi connectivity index (χ4n) is 4.33. The van der Waals surface area contributed by atoms with E-state index in [2.05, 4.69) is 10.0 Å². The van der Waals surface area contributed by atoms with Gasteiger partial charge in [0.25, 0.3) is 0 Å². The molecule has 0 N–H and O–H groups in total. The van der Waals surface area contributed by atoms with Crippen LogP contribution in [0.5, 0.6) is 11.5 Å². The van der Waals surface area contributed by atoms with E-state index >= 15 is 0 Å². The van der Waals surface area contributed by atoms with Crippen molar-refractivity contribution in [1.82, 2.24) is 4.90 Å². The second-order valence-electron chi connectivity index (χ2n) is 8.46. The van der Waals surface area contributed by atoms with Crippen molar-refractivity contribution in [3.05, 3.63) is 106 Å². The van der Waals surface area contributed by atoms with E-state index in [9.17, 15) is 19.9 Å². The van der Waals surface area contributed by atoms with Crippen molar-refractivity contribution in [2.24, 2.45) is 5.11 Å². The zero-order chi connectivity index (χ0) is 26.5. The number of carbonyl (C=O) groups is 3. The van der Waals surface area contributed by atoms with E-state index in [0.717, 1.165) is 4.90 Å². The Balaban J connectivity index is 1.54. The minimum Gasteiger partial charge on any atom is -0.486 e. The van der Waals surface area contributed by atoms with Gasteiger partial charge in [0.05, 0.1) is 5.56 Å². The van der Waals surface area contributed by atoms with Gasteiger partial charge in [0.15, 0.2) is 17.5 Å². The molecule has 0 aromatic heterocycles. The van der Waals surface area contributed by atoms with E-state index in [1.54, 1.807) is 78.9 Å². The molecule has 0 aliphatic carbocycles. The van der Waals surface area contributed by atoms with Gasteiger partial charge in [-0.2, -0.15) is 0 Å². The first kappa shape index (κ1) is 24.7. The average molecular weight is 514 g/mol. The lowest BCUT2D eigenvalue weighted by atomic mass is 9.99. The van der Waals surface area contributed by atoms with Gasteiger partial charge < -0.3 is 18.9 Å². The summed E-state index contributed by atoms with van der Waals surface area (Å²) in [5.74, 6) is -0.767. The molecule has 0 saturated carbocycles. The molecule has 3 atom stereocenters. The SMILES string of the molecule is [N-]=[N+]=NC(C(=O)N1C(=O)OC[C@@H]1c1ccccc1)[C@H](OC(=O)c1ccccc1)c1ccc2c(c1)OCCO2. The van der Waals surface area contributed by atoms with Gasteiger partial charge in [-0.3, -0.25) is 4.79 Å². The molecular formula is C27H22N4O7. The quantitative estimate of drug-likeness (QED) is 0.192. The van der Waals surface area contributed by atoms with Crippen molar-refractivity contribution in [2.45, 2.75) is 18.2 Å². The fraction of sp³-hybridized carbons (Fsp3) is 0.222. The molecule has 0 bridgehead atoms. The Morgan fingerprint density at radius 3 is 2.34 bits per heavy atom. The van der Waals surface area contributed by atoms with Crippen LogP contribution in [-0.2, 0) is 14.3 Å². The van der Waals surface area contributed by atoms with Gasteiger partial charge in [-0.1, -0.05) is 59.7 Å². The number of fused-ring (bicyclic) bond motifs is 1. The molecule has 3 aromatic rings. The molecule has 38 heavy (non-hydrogen) atoms. The topological polar surface area (TPSA) is 140 Å². The van der Waals surface area contributed by atoms with Crippen molar-refractivity contribution in [3.63, 3.8) is 0 Å². The second-order valence-corrected chi connectivity index (χ2v) is 8.46. The summed E-state index contributed by atoms with van der Waals surface area (Å²) < 4.78 is 22.2. The van der Waals surface area contributed by atoms with Crippen molar-refractivity contribution >= 4 is 18.0 Å². The number of ether oxygens (including phenoxy) is 4. The molecule has 1 fully saturated rings. The Morgan fingerprint density at radius 1 is 0.947 bits per heavy atom. The summed E-state index contributed by atoms with van der Waals surface area (Å²) in [5, 5.41) is 3.70. The van der Waals surface area contributed by atoms with Crippen LogP contribution < -0.4 is 9.47 Å². The van der Waals surface area contributed by atoms with Gasteiger partial charge in [0.1, 0.15) is 32.0 Å². The van der Waals surface area contributed by atoms with Crippen LogP contribution in [0.25, 0.3) is 10.4 Å². The Hall–Kier alpha value is -5.02. The third-order valence-electron chi connectivity index (χ3n) is 6.15. The Kier molecular flexibility index (Phi) is 7.10. The van der Waals surface area contributed by atoms with Crippen LogP contribution in [0.15, 0.2) is 84.0 Å². The lowest BCUT2D eigenvalue weighted by Crippen LogP contribution is -2.43. The molecule has 11 heteroatoms. The van der Waals surface area contributed by atoms with Gasteiger partial charge in [0, 0.05) is 4.91 Å². The summed E-state index contributed by atoms with van der Waals surface area (Å²) in [7, 11) is 0. The maximum atomic E-state index is 13.9. The number of rotatable bonds is 7.